The lowest BCUT2D eigenvalue weighted by Gasteiger charge is -2.16. The lowest BCUT2D eigenvalue weighted by molar-refractivity contribution is -0.0107. The number of hydrogen-bond donors (Lipinski definition) is 1. The Balaban J connectivity index is 2.11. The molecule has 0 amide bonds. The summed E-state index contributed by atoms with van der Waals surface area (Å²) in [5.74, 6) is -1.69. The van der Waals surface area contributed by atoms with E-state index in [9.17, 15) is 8.78 Å². The largest absolute Gasteiger partial charge is 0.457 e. The highest BCUT2D eigenvalue weighted by Gasteiger charge is 2.30. The molecule has 4 heteroatoms. The maximum atomic E-state index is 13.6. The molecule has 0 aliphatic rings. The molecule has 0 atom stereocenters. The van der Waals surface area contributed by atoms with Gasteiger partial charge in [0.05, 0.1) is 0 Å². The van der Waals surface area contributed by atoms with Crippen molar-refractivity contribution in [3.63, 3.8) is 0 Å². The third-order valence-corrected chi connectivity index (χ3v) is 2.71. The van der Waals surface area contributed by atoms with E-state index < -0.39 is 5.92 Å². The highest BCUT2D eigenvalue weighted by Crippen LogP contribution is 2.32. The molecule has 0 saturated heterocycles. The second-order valence-electron chi connectivity index (χ2n) is 4.18. The van der Waals surface area contributed by atoms with Crippen LogP contribution in [0.1, 0.15) is 12.0 Å². The first-order valence-electron chi connectivity index (χ1n) is 6.03. The highest BCUT2D eigenvalue weighted by atomic mass is 19.3. The molecule has 0 aliphatic heterocycles. The summed E-state index contributed by atoms with van der Waals surface area (Å²) in [5.41, 5.74) is 5.14. The Morgan fingerprint density at radius 2 is 1.47 bits per heavy atom. The molecular weight excluding hydrogens is 248 g/mol. The predicted octanol–water partition coefficient (Wildman–Crippen LogP) is 3.92. The minimum absolute atomic E-state index is 0.0432. The molecule has 0 heterocycles. The van der Waals surface area contributed by atoms with Gasteiger partial charge in [-0.15, -0.1) is 0 Å². The van der Waals surface area contributed by atoms with Crippen LogP contribution in [0.2, 0.25) is 0 Å². The first kappa shape index (κ1) is 13.5. The number of para-hydroxylation sites is 1. The molecule has 2 nitrogen and oxygen atoms in total. The van der Waals surface area contributed by atoms with Crippen LogP contribution in [0, 0.1) is 0 Å². The Kier molecular flexibility index (Phi) is 4.12. The summed E-state index contributed by atoms with van der Waals surface area (Å²) in [6.07, 6.45) is -0.355. The average Bonchev–Trinajstić information content (AvgIpc) is 2.40. The Hall–Kier alpha value is -1.94. The molecule has 2 aromatic carbocycles. The SMILES string of the molecule is NCCC(F)(F)c1ccc(Oc2ccccc2)cc1. The van der Waals surface area contributed by atoms with Crippen LogP contribution >= 0.6 is 0 Å². The molecule has 2 rings (SSSR count). The number of ether oxygens (including phenoxy) is 1. The summed E-state index contributed by atoms with van der Waals surface area (Å²) in [7, 11) is 0. The van der Waals surface area contributed by atoms with E-state index in [4.69, 9.17) is 10.5 Å². The predicted molar refractivity (Wildman–Crippen MR) is 70.5 cm³/mol. The van der Waals surface area contributed by atoms with Crippen molar-refractivity contribution >= 4 is 0 Å². The van der Waals surface area contributed by atoms with Gasteiger partial charge in [0.25, 0.3) is 5.92 Å². The maximum absolute atomic E-state index is 13.6. The zero-order valence-corrected chi connectivity index (χ0v) is 10.4. The van der Waals surface area contributed by atoms with Gasteiger partial charge in [-0.3, -0.25) is 0 Å². The Morgan fingerprint density at radius 3 is 2.05 bits per heavy atom. The van der Waals surface area contributed by atoms with Crippen molar-refractivity contribution in [2.75, 3.05) is 6.54 Å². The molecule has 0 saturated carbocycles. The highest BCUT2D eigenvalue weighted by molar-refractivity contribution is 5.34. The van der Waals surface area contributed by atoms with Crippen molar-refractivity contribution in [2.45, 2.75) is 12.3 Å². The van der Waals surface area contributed by atoms with Crippen LogP contribution in [0.3, 0.4) is 0 Å². The maximum Gasteiger partial charge on any atom is 0.274 e. The smallest absolute Gasteiger partial charge is 0.274 e. The van der Waals surface area contributed by atoms with Crippen molar-refractivity contribution in [1.82, 2.24) is 0 Å². The van der Waals surface area contributed by atoms with E-state index in [-0.39, 0.29) is 18.5 Å². The van der Waals surface area contributed by atoms with Gasteiger partial charge in [0.15, 0.2) is 0 Å². The van der Waals surface area contributed by atoms with Gasteiger partial charge in [-0.1, -0.05) is 18.2 Å². The minimum atomic E-state index is -2.89. The van der Waals surface area contributed by atoms with Crippen LogP contribution in [0.15, 0.2) is 54.6 Å². The van der Waals surface area contributed by atoms with Gasteiger partial charge >= 0.3 is 0 Å². The third kappa shape index (κ3) is 3.51. The first-order valence-corrected chi connectivity index (χ1v) is 6.03. The minimum Gasteiger partial charge on any atom is -0.457 e. The van der Waals surface area contributed by atoms with Gasteiger partial charge in [-0.2, -0.15) is 0 Å². The summed E-state index contributed by atoms with van der Waals surface area (Å²) in [6, 6.07) is 15.0. The van der Waals surface area contributed by atoms with Gasteiger partial charge in [-0.25, -0.2) is 8.78 Å². The number of rotatable bonds is 5. The molecule has 100 valence electrons. The zero-order valence-electron chi connectivity index (χ0n) is 10.4. The Labute approximate surface area is 110 Å². The van der Waals surface area contributed by atoms with Crippen molar-refractivity contribution < 1.29 is 13.5 Å². The second-order valence-corrected chi connectivity index (χ2v) is 4.18. The van der Waals surface area contributed by atoms with Gasteiger partial charge in [0.1, 0.15) is 11.5 Å². The molecule has 0 bridgehead atoms. The summed E-state index contributed by atoms with van der Waals surface area (Å²) in [5, 5.41) is 0. The summed E-state index contributed by atoms with van der Waals surface area (Å²) in [4.78, 5) is 0. The standard InChI is InChI=1S/C15H15F2NO/c16-15(17,10-11-18)12-6-8-14(9-7-12)19-13-4-2-1-3-5-13/h1-9H,10-11,18H2. The van der Waals surface area contributed by atoms with Crippen LogP contribution < -0.4 is 10.5 Å². The molecule has 0 radical (unpaired) electrons. The van der Waals surface area contributed by atoms with Crippen molar-refractivity contribution in [1.29, 1.82) is 0 Å². The molecular formula is C15H15F2NO. The fraction of sp³-hybridized carbons (Fsp3) is 0.200. The van der Waals surface area contributed by atoms with Crippen LogP contribution in [0.4, 0.5) is 8.78 Å². The van der Waals surface area contributed by atoms with E-state index in [1.807, 2.05) is 18.2 Å². The number of halogens is 2. The lowest BCUT2D eigenvalue weighted by Crippen LogP contribution is -2.18. The summed E-state index contributed by atoms with van der Waals surface area (Å²) in [6.45, 7) is -0.0464. The molecule has 19 heavy (non-hydrogen) atoms. The van der Waals surface area contributed by atoms with Gasteiger partial charge < -0.3 is 10.5 Å². The summed E-state index contributed by atoms with van der Waals surface area (Å²) < 4.78 is 32.7. The second kappa shape index (κ2) is 5.80. The van der Waals surface area contributed by atoms with Crippen molar-refractivity contribution in [2.24, 2.45) is 5.73 Å². The molecule has 0 spiro atoms. The van der Waals surface area contributed by atoms with E-state index in [0.29, 0.717) is 11.5 Å². The van der Waals surface area contributed by atoms with Gasteiger partial charge in [0.2, 0.25) is 0 Å². The quantitative estimate of drug-likeness (QED) is 0.887. The first-order chi connectivity index (χ1) is 9.12. The normalized spacial score (nSPS) is 11.3. The molecule has 0 fully saturated rings. The lowest BCUT2D eigenvalue weighted by atomic mass is 10.1. The number of alkyl halides is 2. The Morgan fingerprint density at radius 1 is 0.895 bits per heavy atom. The average molecular weight is 263 g/mol. The molecule has 0 aliphatic carbocycles. The van der Waals surface area contributed by atoms with Crippen LogP contribution in [0.5, 0.6) is 11.5 Å². The number of hydrogen-bond acceptors (Lipinski definition) is 2. The van der Waals surface area contributed by atoms with Gasteiger partial charge in [0, 0.05) is 12.0 Å². The topological polar surface area (TPSA) is 35.2 Å². The molecule has 0 unspecified atom stereocenters. The molecule has 2 aromatic rings. The number of nitrogens with two attached hydrogens (primary N) is 1. The van der Waals surface area contributed by atoms with Crippen LogP contribution in [0.25, 0.3) is 0 Å². The van der Waals surface area contributed by atoms with Crippen LogP contribution in [-0.2, 0) is 5.92 Å². The Bertz CT molecular complexity index is 511. The van der Waals surface area contributed by atoms with Crippen LogP contribution in [-0.4, -0.2) is 6.54 Å². The third-order valence-electron chi connectivity index (χ3n) is 2.71. The molecule has 0 aromatic heterocycles. The van der Waals surface area contributed by atoms with E-state index >= 15 is 0 Å². The van der Waals surface area contributed by atoms with E-state index in [2.05, 4.69) is 0 Å². The van der Waals surface area contributed by atoms with E-state index in [1.165, 1.54) is 24.3 Å². The van der Waals surface area contributed by atoms with E-state index in [1.54, 1.807) is 12.1 Å². The van der Waals surface area contributed by atoms with Crippen molar-refractivity contribution in [3.8, 4) is 11.5 Å². The molecule has 2 N–H and O–H groups in total. The fourth-order valence-corrected chi connectivity index (χ4v) is 1.72. The van der Waals surface area contributed by atoms with Crippen molar-refractivity contribution in [3.05, 3.63) is 60.2 Å². The van der Waals surface area contributed by atoms with Gasteiger partial charge in [-0.05, 0) is 42.9 Å². The number of benzene rings is 2. The fourth-order valence-electron chi connectivity index (χ4n) is 1.72. The summed E-state index contributed by atoms with van der Waals surface area (Å²) >= 11 is 0. The zero-order chi connectivity index (χ0) is 13.7. The van der Waals surface area contributed by atoms with E-state index in [0.717, 1.165) is 0 Å². The monoisotopic (exact) mass is 263 g/mol.